The van der Waals surface area contributed by atoms with E-state index in [1.807, 2.05) is 19.9 Å². The lowest BCUT2D eigenvalue weighted by molar-refractivity contribution is -0.140. The zero-order valence-electron chi connectivity index (χ0n) is 19.9. The summed E-state index contributed by atoms with van der Waals surface area (Å²) in [4.78, 5) is 60.2. The zero-order valence-corrected chi connectivity index (χ0v) is 19.9. The number of aromatic nitrogens is 2. The number of aromatic amines is 1. The molecule has 3 N–H and O–H groups in total. The van der Waals surface area contributed by atoms with Crippen molar-refractivity contribution in [3.8, 4) is 0 Å². The molecule has 1 aliphatic heterocycles. The summed E-state index contributed by atoms with van der Waals surface area (Å²) in [6, 6.07) is 15.2. The van der Waals surface area contributed by atoms with E-state index in [1.54, 1.807) is 60.4 Å². The summed E-state index contributed by atoms with van der Waals surface area (Å²) in [5, 5.41) is 3.97. The first kappa shape index (κ1) is 24.1. The van der Waals surface area contributed by atoms with Crippen LogP contribution in [0.5, 0.6) is 0 Å². The molecule has 1 fully saturated rings. The molecule has 0 aliphatic carbocycles. The average molecular weight is 477 g/mol. The van der Waals surface area contributed by atoms with Crippen molar-refractivity contribution in [1.82, 2.24) is 30.6 Å². The van der Waals surface area contributed by atoms with Crippen LogP contribution in [0, 0.1) is 0 Å². The molecule has 0 saturated carbocycles. The van der Waals surface area contributed by atoms with E-state index < -0.39 is 23.4 Å². The summed E-state index contributed by atoms with van der Waals surface area (Å²) >= 11 is 0. The van der Waals surface area contributed by atoms with Gasteiger partial charge in [-0.3, -0.25) is 24.7 Å². The predicted octanol–water partition coefficient (Wildman–Crippen LogP) is 2.02. The minimum absolute atomic E-state index is 0.0836. The standard InChI is InChI=1S/C25H28N6O4/c1-4-25(17-10-6-5-7-11-17)23(34)31(24(35)28-25)29-21(32)15-30(16(2)3)14-20-26-19-13-9-8-12-18(19)22(33)27-20/h5-13,16H,4,14-15H2,1-3H3,(H,28,35)(H,29,32)(H,26,27,33). The Morgan fingerprint density at radius 3 is 2.46 bits per heavy atom. The molecule has 4 rings (SSSR count). The molecule has 1 atom stereocenters. The number of hydrazine groups is 1. The molecule has 3 aromatic rings. The fraction of sp³-hybridized carbons (Fsp3) is 0.320. The number of urea groups is 1. The fourth-order valence-corrected chi connectivity index (χ4v) is 4.21. The maximum Gasteiger partial charge on any atom is 0.344 e. The molecule has 0 spiro atoms. The number of amides is 4. The molecule has 2 heterocycles. The van der Waals surface area contributed by atoms with Gasteiger partial charge in [0.1, 0.15) is 11.4 Å². The summed E-state index contributed by atoms with van der Waals surface area (Å²) < 4.78 is 0. The summed E-state index contributed by atoms with van der Waals surface area (Å²) in [5.74, 6) is -0.661. The van der Waals surface area contributed by atoms with E-state index in [-0.39, 0.29) is 24.7 Å². The van der Waals surface area contributed by atoms with Crippen molar-refractivity contribution < 1.29 is 14.4 Å². The van der Waals surface area contributed by atoms with Crippen LogP contribution in [0.2, 0.25) is 0 Å². The lowest BCUT2D eigenvalue weighted by atomic mass is 9.87. The third-order valence-electron chi connectivity index (χ3n) is 6.22. The van der Waals surface area contributed by atoms with E-state index in [4.69, 9.17) is 0 Å². The Kier molecular flexibility index (Phi) is 6.65. The molecular formula is C25H28N6O4. The monoisotopic (exact) mass is 476 g/mol. The van der Waals surface area contributed by atoms with Gasteiger partial charge in [-0.2, -0.15) is 5.01 Å². The largest absolute Gasteiger partial charge is 0.344 e. The third kappa shape index (κ3) is 4.65. The first-order chi connectivity index (χ1) is 16.7. The highest BCUT2D eigenvalue weighted by atomic mass is 16.2. The van der Waals surface area contributed by atoms with Gasteiger partial charge in [0.15, 0.2) is 0 Å². The maximum absolute atomic E-state index is 13.2. The van der Waals surface area contributed by atoms with Gasteiger partial charge in [0.25, 0.3) is 17.4 Å². The van der Waals surface area contributed by atoms with E-state index >= 15 is 0 Å². The van der Waals surface area contributed by atoms with Crippen LogP contribution in [0.3, 0.4) is 0 Å². The minimum Gasteiger partial charge on any atom is -0.318 e. The Morgan fingerprint density at radius 2 is 1.77 bits per heavy atom. The van der Waals surface area contributed by atoms with Crippen LogP contribution >= 0.6 is 0 Å². The van der Waals surface area contributed by atoms with Crippen LogP contribution in [0.25, 0.3) is 10.9 Å². The lowest BCUT2D eigenvalue weighted by Gasteiger charge is -2.27. The molecule has 0 bridgehead atoms. The summed E-state index contributed by atoms with van der Waals surface area (Å²) in [6.45, 7) is 5.69. The van der Waals surface area contributed by atoms with Crippen molar-refractivity contribution in [1.29, 1.82) is 0 Å². The number of H-pyrrole nitrogens is 1. The van der Waals surface area contributed by atoms with Crippen LogP contribution < -0.4 is 16.3 Å². The van der Waals surface area contributed by atoms with Crippen molar-refractivity contribution in [2.24, 2.45) is 0 Å². The molecular weight excluding hydrogens is 448 g/mol. The van der Waals surface area contributed by atoms with Crippen LogP contribution in [-0.4, -0.2) is 50.3 Å². The molecule has 2 aromatic carbocycles. The van der Waals surface area contributed by atoms with Crippen molar-refractivity contribution in [3.63, 3.8) is 0 Å². The second-order valence-corrected chi connectivity index (χ2v) is 8.76. The highest BCUT2D eigenvalue weighted by molar-refractivity contribution is 6.08. The zero-order chi connectivity index (χ0) is 25.2. The van der Waals surface area contributed by atoms with E-state index in [9.17, 15) is 19.2 Å². The van der Waals surface area contributed by atoms with Gasteiger partial charge in [-0.15, -0.1) is 0 Å². The Labute approximate surface area is 202 Å². The quantitative estimate of drug-likeness (QED) is 0.427. The number of rotatable bonds is 8. The summed E-state index contributed by atoms with van der Waals surface area (Å²) in [6.07, 6.45) is 0.326. The SMILES string of the molecule is CCC1(c2ccccc2)NC(=O)N(NC(=O)CN(Cc2nc3ccccc3c(=O)[nH]2)C(C)C)C1=O. The maximum atomic E-state index is 13.2. The number of hydrogen-bond donors (Lipinski definition) is 3. The number of para-hydroxylation sites is 1. The van der Waals surface area contributed by atoms with E-state index in [2.05, 4.69) is 20.7 Å². The highest BCUT2D eigenvalue weighted by Crippen LogP contribution is 2.31. The molecule has 35 heavy (non-hydrogen) atoms. The molecule has 1 aromatic heterocycles. The molecule has 1 unspecified atom stereocenters. The number of nitrogens with zero attached hydrogens (tertiary/aromatic N) is 3. The van der Waals surface area contributed by atoms with E-state index in [1.165, 1.54) is 0 Å². The van der Waals surface area contributed by atoms with Gasteiger partial charge in [0, 0.05) is 6.04 Å². The Bertz CT molecular complexity index is 1320. The normalized spacial score (nSPS) is 17.9. The van der Waals surface area contributed by atoms with Crippen LogP contribution in [0.4, 0.5) is 4.79 Å². The topological polar surface area (TPSA) is 128 Å². The van der Waals surface area contributed by atoms with E-state index in [0.717, 1.165) is 5.01 Å². The fourth-order valence-electron chi connectivity index (χ4n) is 4.21. The lowest BCUT2D eigenvalue weighted by Crippen LogP contribution is -2.51. The second-order valence-electron chi connectivity index (χ2n) is 8.76. The van der Waals surface area contributed by atoms with Crippen molar-refractivity contribution >= 4 is 28.7 Å². The summed E-state index contributed by atoms with van der Waals surface area (Å²) in [5.41, 5.74) is 2.17. The molecule has 10 heteroatoms. The van der Waals surface area contributed by atoms with Crippen LogP contribution in [0.15, 0.2) is 59.4 Å². The number of carbonyl (C=O) groups is 3. The van der Waals surface area contributed by atoms with Gasteiger partial charge in [0.05, 0.1) is 24.0 Å². The highest BCUT2D eigenvalue weighted by Gasteiger charge is 2.52. The van der Waals surface area contributed by atoms with Gasteiger partial charge in [-0.1, -0.05) is 49.4 Å². The smallest absolute Gasteiger partial charge is 0.318 e. The molecule has 182 valence electrons. The van der Waals surface area contributed by atoms with Crippen LogP contribution in [-0.2, 0) is 21.7 Å². The summed E-state index contributed by atoms with van der Waals surface area (Å²) in [7, 11) is 0. The number of imide groups is 1. The molecule has 0 radical (unpaired) electrons. The molecule has 4 amide bonds. The van der Waals surface area contributed by atoms with Gasteiger partial charge in [-0.05, 0) is 38.0 Å². The number of fused-ring (bicyclic) bond motifs is 1. The third-order valence-corrected chi connectivity index (χ3v) is 6.22. The first-order valence-corrected chi connectivity index (χ1v) is 11.5. The number of nitrogens with one attached hydrogen (secondary N) is 3. The van der Waals surface area contributed by atoms with Crippen molar-refractivity contribution in [3.05, 3.63) is 76.3 Å². The number of hydrogen-bond acceptors (Lipinski definition) is 6. The van der Waals surface area contributed by atoms with Gasteiger partial charge < -0.3 is 10.3 Å². The molecule has 1 saturated heterocycles. The Morgan fingerprint density at radius 1 is 1.09 bits per heavy atom. The number of benzene rings is 2. The van der Waals surface area contributed by atoms with Gasteiger partial charge >= 0.3 is 6.03 Å². The van der Waals surface area contributed by atoms with Crippen molar-refractivity contribution in [2.75, 3.05) is 6.54 Å². The van der Waals surface area contributed by atoms with Gasteiger partial charge in [-0.25, -0.2) is 9.78 Å². The Balaban J connectivity index is 1.49. The molecule has 10 nitrogen and oxygen atoms in total. The number of carbonyl (C=O) groups excluding carboxylic acids is 3. The van der Waals surface area contributed by atoms with Crippen LogP contribution in [0.1, 0.15) is 38.6 Å². The minimum atomic E-state index is -1.24. The van der Waals surface area contributed by atoms with Gasteiger partial charge in [0.2, 0.25) is 0 Å². The first-order valence-electron chi connectivity index (χ1n) is 11.5. The predicted molar refractivity (Wildman–Crippen MR) is 130 cm³/mol. The average Bonchev–Trinajstić information content (AvgIpc) is 3.09. The van der Waals surface area contributed by atoms with Crippen molar-refractivity contribution in [2.45, 2.75) is 45.3 Å². The van der Waals surface area contributed by atoms with E-state index in [0.29, 0.717) is 28.7 Å². The Hall–Kier alpha value is -4.05. The molecule has 1 aliphatic rings. The second kappa shape index (κ2) is 9.67.